The van der Waals surface area contributed by atoms with E-state index in [0.29, 0.717) is 5.69 Å². The van der Waals surface area contributed by atoms with Crippen LogP contribution in [0.4, 0.5) is 0 Å². The quantitative estimate of drug-likeness (QED) is 0.847. The van der Waals surface area contributed by atoms with Crippen molar-refractivity contribution in [2.45, 2.75) is 45.2 Å². The number of rotatable bonds is 2. The van der Waals surface area contributed by atoms with Crippen LogP contribution < -0.4 is 0 Å². The molecule has 6 nitrogen and oxygen atoms in total. The zero-order valence-corrected chi connectivity index (χ0v) is 12.5. The molecule has 1 fully saturated rings. The molecule has 2 aromatic heterocycles. The predicted molar refractivity (Wildman–Crippen MR) is 78.1 cm³/mol. The Morgan fingerprint density at radius 1 is 1.43 bits per heavy atom. The van der Waals surface area contributed by atoms with Gasteiger partial charge in [0.15, 0.2) is 5.69 Å². The van der Waals surface area contributed by atoms with Crippen LogP contribution in [0.15, 0.2) is 30.7 Å². The molecule has 1 saturated heterocycles. The van der Waals surface area contributed by atoms with Gasteiger partial charge in [-0.15, -0.1) is 5.10 Å². The third kappa shape index (κ3) is 2.41. The monoisotopic (exact) mass is 285 g/mol. The number of nitrogens with zero attached hydrogens (tertiary/aromatic N) is 5. The molecule has 0 bridgehead atoms. The molecule has 0 N–H and O–H groups in total. The van der Waals surface area contributed by atoms with Gasteiger partial charge in [0.2, 0.25) is 0 Å². The predicted octanol–water partition coefficient (Wildman–Crippen LogP) is 2.07. The lowest BCUT2D eigenvalue weighted by Gasteiger charge is -2.34. The standard InChI is InChI=1S/C15H19N5O/c1-11-6-7-15(2,3)20(11)14(21)13-10-19(18-17-13)12-5-4-8-16-9-12/h4-5,8-11H,6-7H2,1-3H3. The molecule has 1 aliphatic rings. The van der Waals surface area contributed by atoms with Crippen LogP contribution in [0, 0.1) is 0 Å². The van der Waals surface area contributed by atoms with Crippen molar-refractivity contribution < 1.29 is 4.79 Å². The van der Waals surface area contributed by atoms with E-state index in [1.165, 1.54) is 0 Å². The smallest absolute Gasteiger partial charge is 0.276 e. The number of hydrogen-bond donors (Lipinski definition) is 0. The first kappa shape index (κ1) is 13.7. The van der Waals surface area contributed by atoms with Crippen molar-refractivity contribution >= 4 is 5.91 Å². The topological polar surface area (TPSA) is 63.9 Å². The first-order valence-electron chi connectivity index (χ1n) is 7.15. The third-order valence-electron chi connectivity index (χ3n) is 4.11. The molecule has 2 aromatic rings. The highest BCUT2D eigenvalue weighted by molar-refractivity contribution is 5.93. The highest BCUT2D eigenvalue weighted by Crippen LogP contribution is 2.34. The molecule has 1 unspecified atom stereocenters. The second-order valence-corrected chi connectivity index (χ2v) is 6.13. The summed E-state index contributed by atoms with van der Waals surface area (Å²) in [4.78, 5) is 18.7. The summed E-state index contributed by atoms with van der Waals surface area (Å²) in [6, 6.07) is 3.93. The van der Waals surface area contributed by atoms with Crippen LogP contribution in [-0.2, 0) is 0 Å². The molecule has 3 rings (SSSR count). The van der Waals surface area contributed by atoms with Gasteiger partial charge in [-0.3, -0.25) is 9.78 Å². The lowest BCUT2D eigenvalue weighted by molar-refractivity contribution is 0.0572. The van der Waals surface area contributed by atoms with Crippen LogP contribution in [0.5, 0.6) is 0 Å². The number of amides is 1. The number of carbonyl (C=O) groups excluding carboxylic acids is 1. The van der Waals surface area contributed by atoms with Gasteiger partial charge in [0.1, 0.15) is 0 Å². The summed E-state index contributed by atoms with van der Waals surface area (Å²) >= 11 is 0. The number of likely N-dealkylation sites (tertiary alicyclic amines) is 1. The van der Waals surface area contributed by atoms with E-state index in [1.807, 2.05) is 17.0 Å². The maximum Gasteiger partial charge on any atom is 0.276 e. The average Bonchev–Trinajstić information content (AvgIpc) is 3.05. The summed E-state index contributed by atoms with van der Waals surface area (Å²) in [7, 11) is 0. The highest BCUT2D eigenvalue weighted by atomic mass is 16.2. The van der Waals surface area contributed by atoms with E-state index in [9.17, 15) is 4.79 Å². The number of carbonyl (C=O) groups is 1. The molecule has 1 aliphatic heterocycles. The van der Waals surface area contributed by atoms with Gasteiger partial charge in [0, 0.05) is 17.8 Å². The van der Waals surface area contributed by atoms with Crippen molar-refractivity contribution in [1.29, 1.82) is 0 Å². The Bertz CT molecular complexity index is 649. The Morgan fingerprint density at radius 2 is 2.24 bits per heavy atom. The summed E-state index contributed by atoms with van der Waals surface area (Å²) in [5.74, 6) is -0.0554. The molecular weight excluding hydrogens is 266 g/mol. The van der Waals surface area contributed by atoms with Crippen molar-refractivity contribution in [2.75, 3.05) is 0 Å². The Balaban J connectivity index is 1.88. The van der Waals surface area contributed by atoms with Crippen LogP contribution in [0.1, 0.15) is 44.1 Å². The van der Waals surface area contributed by atoms with Crippen molar-refractivity contribution in [1.82, 2.24) is 24.9 Å². The number of hydrogen-bond acceptors (Lipinski definition) is 4. The van der Waals surface area contributed by atoms with Gasteiger partial charge in [0.25, 0.3) is 5.91 Å². The third-order valence-corrected chi connectivity index (χ3v) is 4.11. The van der Waals surface area contributed by atoms with Crippen molar-refractivity contribution in [2.24, 2.45) is 0 Å². The summed E-state index contributed by atoms with van der Waals surface area (Å²) < 4.78 is 1.58. The zero-order valence-electron chi connectivity index (χ0n) is 12.5. The molecule has 21 heavy (non-hydrogen) atoms. The Morgan fingerprint density at radius 3 is 2.86 bits per heavy atom. The Hall–Kier alpha value is -2.24. The van der Waals surface area contributed by atoms with Gasteiger partial charge in [-0.05, 0) is 45.7 Å². The second-order valence-electron chi connectivity index (χ2n) is 6.13. The fourth-order valence-corrected chi connectivity index (χ4v) is 2.98. The fraction of sp³-hybridized carbons (Fsp3) is 0.467. The van der Waals surface area contributed by atoms with Crippen LogP contribution in [0.3, 0.4) is 0 Å². The molecule has 1 amide bonds. The van der Waals surface area contributed by atoms with Crippen LogP contribution >= 0.6 is 0 Å². The van der Waals surface area contributed by atoms with Crippen molar-refractivity contribution in [3.63, 3.8) is 0 Å². The van der Waals surface area contributed by atoms with Crippen molar-refractivity contribution in [3.8, 4) is 5.69 Å². The Labute approximate surface area is 123 Å². The molecule has 6 heteroatoms. The molecule has 110 valence electrons. The number of pyridine rings is 1. The van der Waals surface area contributed by atoms with Gasteiger partial charge in [-0.1, -0.05) is 5.21 Å². The van der Waals surface area contributed by atoms with E-state index in [0.717, 1.165) is 18.5 Å². The first-order chi connectivity index (χ1) is 9.99. The minimum Gasteiger partial charge on any atom is -0.329 e. The summed E-state index contributed by atoms with van der Waals surface area (Å²) in [6.45, 7) is 6.28. The van der Waals surface area contributed by atoms with E-state index >= 15 is 0 Å². The van der Waals surface area contributed by atoms with Gasteiger partial charge in [0.05, 0.1) is 18.1 Å². The first-order valence-corrected chi connectivity index (χ1v) is 7.15. The Kier molecular flexibility index (Phi) is 3.23. The van der Waals surface area contributed by atoms with Gasteiger partial charge in [-0.25, -0.2) is 4.68 Å². The molecule has 0 aliphatic carbocycles. The van der Waals surface area contributed by atoms with E-state index < -0.39 is 0 Å². The lowest BCUT2D eigenvalue weighted by Crippen LogP contribution is -2.46. The lowest BCUT2D eigenvalue weighted by atomic mass is 10.0. The van der Waals surface area contributed by atoms with E-state index in [4.69, 9.17) is 0 Å². The molecule has 3 heterocycles. The maximum absolute atomic E-state index is 12.7. The maximum atomic E-state index is 12.7. The largest absolute Gasteiger partial charge is 0.329 e. The molecule has 1 atom stereocenters. The van der Waals surface area contributed by atoms with E-state index in [2.05, 4.69) is 36.1 Å². The normalized spacial score (nSPS) is 20.7. The second kappa shape index (κ2) is 4.95. The van der Waals surface area contributed by atoms with Crippen LogP contribution in [-0.4, -0.2) is 42.4 Å². The van der Waals surface area contributed by atoms with Crippen molar-refractivity contribution in [3.05, 3.63) is 36.4 Å². The van der Waals surface area contributed by atoms with Crippen LogP contribution in [0.25, 0.3) is 5.69 Å². The van der Waals surface area contributed by atoms with Gasteiger partial charge < -0.3 is 4.90 Å². The molecule has 0 spiro atoms. The minimum absolute atomic E-state index is 0.0554. The SMILES string of the molecule is CC1CCC(C)(C)N1C(=O)c1cn(-c2cccnc2)nn1. The van der Waals surface area contributed by atoms with Gasteiger partial charge >= 0.3 is 0 Å². The highest BCUT2D eigenvalue weighted by Gasteiger charge is 2.41. The molecule has 0 saturated carbocycles. The van der Waals surface area contributed by atoms with E-state index in [1.54, 1.807) is 23.3 Å². The summed E-state index contributed by atoms with van der Waals surface area (Å²) in [6.07, 6.45) is 7.08. The summed E-state index contributed by atoms with van der Waals surface area (Å²) in [5.41, 5.74) is 1.03. The molecule has 0 radical (unpaired) electrons. The zero-order chi connectivity index (χ0) is 15.0. The summed E-state index contributed by atoms with van der Waals surface area (Å²) in [5, 5.41) is 8.06. The van der Waals surface area contributed by atoms with Crippen LogP contribution in [0.2, 0.25) is 0 Å². The van der Waals surface area contributed by atoms with Gasteiger partial charge in [-0.2, -0.15) is 0 Å². The van der Waals surface area contributed by atoms with E-state index in [-0.39, 0.29) is 17.5 Å². The fourth-order valence-electron chi connectivity index (χ4n) is 2.98. The molecular formula is C15H19N5O. The molecule has 0 aromatic carbocycles. The number of aromatic nitrogens is 4. The minimum atomic E-state index is -0.130. The average molecular weight is 285 g/mol.